The summed E-state index contributed by atoms with van der Waals surface area (Å²) in [5, 5.41) is 3.61. The molecule has 0 spiro atoms. The van der Waals surface area contributed by atoms with E-state index >= 15 is 0 Å². The van der Waals surface area contributed by atoms with Crippen molar-refractivity contribution >= 4 is 11.8 Å². The minimum absolute atomic E-state index is 0.153. The molecule has 1 heterocycles. The first-order chi connectivity index (χ1) is 9.13. The van der Waals surface area contributed by atoms with Crippen molar-refractivity contribution in [3.8, 4) is 0 Å². The van der Waals surface area contributed by atoms with Gasteiger partial charge >= 0.3 is 0 Å². The van der Waals surface area contributed by atoms with E-state index in [9.17, 15) is 9.59 Å². The van der Waals surface area contributed by atoms with Crippen LogP contribution in [0.2, 0.25) is 0 Å². The summed E-state index contributed by atoms with van der Waals surface area (Å²) in [6.45, 7) is 4.77. The molecule has 2 amide bonds. The normalized spacial score (nSPS) is 21.1. The Hall–Kier alpha value is -1.14. The molecule has 0 unspecified atom stereocenters. The first-order valence-electron chi connectivity index (χ1n) is 7.14. The van der Waals surface area contributed by atoms with E-state index in [4.69, 9.17) is 0 Å². The van der Waals surface area contributed by atoms with E-state index in [-0.39, 0.29) is 11.8 Å². The molecule has 0 radical (unpaired) electrons. The number of likely N-dealkylation sites (tertiary alicyclic amines) is 1. The predicted molar refractivity (Wildman–Crippen MR) is 72.1 cm³/mol. The topological polar surface area (TPSA) is 73.5 Å². The summed E-state index contributed by atoms with van der Waals surface area (Å²) in [5.74, 6) is 0.511. The lowest BCUT2D eigenvalue weighted by molar-refractivity contribution is -0.128. The summed E-state index contributed by atoms with van der Waals surface area (Å²) in [4.78, 5) is 24.3. The van der Waals surface area contributed by atoms with Crippen molar-refractivity contribution < 1.29 is 9.59 Å². The highest BCUT2D eigenvalue weighted by molar-refractivity contribution is 5.81. The van der Waals surface area contributed by atoms with Gasteiger partial charge in [-0.05, 0) is 38.1 Å². The maximum Gasteiger partial charge on any atom is 0.252 e. The average Bonchev–Trinajstić information content (AvgIpc) is 3.20. The fourth-order valence-electron chi connectivity index (χ4n) is 2.35. The van der Waals surface area contributed by atoms with Crippen molar-refractivity contribution in [2.24, 2.45) is 5.92 Å². The molecule has 6 heteroatoms. The van der Waals surface area contributed by atoms with Crippen molar-refractivity contribution in [3.05, 3.63) is 0 Å². The van der Waals surface area contributed by atoms with Crippen LogP contribution in [0.3, 0.4) is 0 Å². The zero-order chi connectivity index (χ0) is 13.7. The molecule has 2 fully saturated rings. The molecule has 0 atom stereocenters. The third-order valence-corrected chi connectivity index (χ3v) is 3.72. The summed E-state index contributed by atoms with van der Waals surface area (Å²) in [6.07, 6.45) is 4.96. The standard InChI is InChI=1S/C13H24N4O2/c1-10(18)15-16-13(19)9-17-6-4-12(5-7-17)14-8-11-2-3-11/h11-12,14H,2-9H2,1H3,(H,15,18)(H,16,19). The highest BCUT2D eigenvalue weighted by Crippen LogP contribution is 2.28. The van der Waals surface area contributed by atoms with Gasteiger partial charge in [-0.1, -0.05) is 0 Å². The van der Waals surface area contributed by atoms with Crippen LogP contribution in [0.15, 0.2) is 0 Å². The van der Waals surface area contributed by atoms with Gasteiger partial charge in [0.15, 0.2) is 0 Å². The third-order valence-electron chi connectivity index (χ3n) is 3.72. The van der Waals surface area contributed by atoms with Crippen molar-refractivity contribution in [2.75, 3.05) is 26.2 Å². The van der Waals surface area contributed by atoms with Crippen LogP contribution in [-0.4, -0.2) is 48.9 Å². The zero-order valence-corrected chi connectivity index (χ0v) is 11.6. The molecule has 0 aromatic heterocycles. The number of hydrogen-bond donors (Lipinski definition) is 3. The van der Waals surface area contributed by atoms with Gasteiger partial charge in [0.1, 0.15) is 0 Å². The Morgan fingerprint density at radius 1 is 1.11 bits per heavy atom. The van der Waals surface area contributed by atoms with Crippen LogP contribution in [0.5, 0.6) is 0 Å². The Balaban J connectivity index is 1.56. The Kier molecular flexibility index (Phi) is 5.15. The van der Waals surface area contributed by atoms with Crippen LogP contribution in [0.1, 0.15) is 32.6 Å². The van der Waals surface area contributed by atoms with Crippen LogP contribution in [0.4, 0.5) is 0 Å². The van der Waals surface area contributed by atoms with Crippen LogP contribution in [0.25, 0.3) is 0 Å². The number of nitrogens with zero attached hydrogens (tertiary/aromatic N) is 1. The first-order valence-corrected chi connectivity index (χ1v) is 7.14. The molecule has 6 nitrogen and oxygen atoms in total. The number of carbonyl (C=O) groups excluding carboxylic acids is 2. The number of carbonyl (C=O) groups is 2. The summed E-state index contributed by atoms with van der Waals surface area (Å²) in [6, 6.07) is 0.607. The third kappa shape index (κ3) is 5.57. The average molecular weight is 268 g/mol. The second kappa shape index (κ2) is 6.86. The van der Waals surface area contributed by atoms with Gasteiger partial charge in [0.25, 0.3) is 5.91 Å². The van der Waals surface area contributed by atoms with E-state index in [1.165, 1.54) is 19.8 Å². The summed E-state index contributed by atoms with van der Waals surface area (Å²) >= 11 is 0. The SMILES string of the molecule is CC(=O)NNC(=O)CN1CCC(NCC2CC2)CC1. The molecular formula is C13H24N4O2. The minimum Gasteiger partial charge on any atom is -0.314 e. The Morgan fingerprint density at radius 3 is 2.37 bits per heavy atom. The molecule has 0 bridgehead atoms. The van der Waals surface area contributed by atoms with Gasteiger partial charge in [-0.15, -0.1) is 0 Å². The van der Waals surface area contributed by atoms with Gasteiger partial charge in [0.05, 0.1) is 6.54 Å². The van der Waals surface area contributed by atoms with Gasteiger partial charge in [-0.2, -0.15) is 0 Å². The van der Waals surface area contributed by atoms with E-state index in [1.54, 1.807) is 0 Å². The van der Waals surface area contributed by atoms with E-state index in [0.29, 0.717) is 12.6 Å². The smallest absolute Gasteiger partial charge is 0.252 e. The van der Waals surface area contributed by atoms with Crippen molar-refractivity contribution in [3.63, 3.8) is 0 Å². The van der Waals surface area contributed by atoms with E-state index in [2.05, 4.69) is 21.1 Å². The Bertz CT molecular complexity index is 323. The fourth-order valence-corrected chi connectivity index (χ4v) is 2.35. The predicted octanol–water partition coefficient (Wildman–Crippen LogP) is -0.382. The lowest BCUT2D eigenvalue weighted by Crippen LogP contribution is -2.49. The lowest BCUT2D eigenvalue weighted by Gasteiger charge is -2.32. The first kappa shape index (κ1) is 14.3. The maximum atomic E-state index is 11.5. The lowest BCUT2D eigenvalue weighted by atomic mass is 10.0. The molecular weight excluding hydrogens is 244 g/mol. The number of nitrogens with one attached hydrogen (secondary N) is 3. The van der Waals surface area contributed by atoms with E-state index in [1.807, 2.05) is 0 Å². The van der Waals surface area contributed by atoms with Crippen LogP contribution in [0, 0.1) is 5.92 Å². The van der Waals surface area contributed by atoms with Gasteiger partial charge in [0, 0.05) is 26.1 Å². The number of amides is 2. The number of hydrogen-bond acceptors (Lipinski definition) is 4. The largest absolute Gasteiger partial charge is 0.314 e. The highest BCUT2D eigenvalue weighted by atomic mass is 16.2. The molecule has 1 saturated heterocycles. The summed E-state index contributed by atoms with van der Waals surface area (Å²) in [7, 11) is 0. The molecule has 0 aromatic carbocycles. The molecule has 1 saturated carbocycles. The second-order valence-electron chi connectivity index (χ2n) is 5.63. The van der Waals surface area contributed by atoms with E-state index < -0.39 is 0 Å². The molecule has 1 aliphatic heterocycles. The molecule has 3 N–H and O–H groups in total. The molecule has 2 aliphatic rings. The fraction of sp³-hybridized carbons (Fsp3) is 0.846. The minimum atomic E-state index is -0.253. The van der Waals surface area contributed by atoms with Crippen LogP contribution >= 0.6 is 0 Å². The van der Waals surface area contributed by atoms with Crippen molar-refractivity contribution in [1.29, 1.82) is 0 Å². The summed E-state index contributed by atoms with van der Waals surface area (Å²) in [5.41, 5.74) is 4.70. The maximum absolute atomic E-state index is 11.5. The number of rotatable bonds is 5. The Labute approximate surface area is 114 Å². The quantitative estimate of drug-likeness (QED) is 0.594. The molecule has 2 rings (SSSR count). The van der Waals surface area contributed by atoms with Gasteiger partial charge in [-0.3, -0.25) is 25.3 Å². The molecule has 108 valence electrons. The summed E-state index contributed by atoms with van der Waals surface area (Å²) < 4.78 is 0. The van der Waals surface area contributed by atoms with Gasteiger partial charge < -0.3 is 5.32 Å². The number of piperidine rings is 1. The molecule has 19 heavy (non-hydrogen) atoms. The van der Waals surface area contributed by atoms with Crippen LogP contribution in [-0.2, 0) is 9.59 Å². The monoisotopic (exact) mass is 268 g/mol. The number of hydrazine groups is 1. The van der Waals surface area contributed by atoms with Crippen LogP contribution < -0.4 is 16.2 Å². The second-order valence-corrected chi connectivity index (χ2v) is 5.63. The molecule has 1 aliphatic carbocycles. The molecule has 0 aromatic rings. The van der Waals surface area contributed by atoms with Gasteiger partial charge in [0.2, 0.25) is 5.91 Å². The van der Waals surface area contributed by atoms with Crippen molar-refractivity contribution in [2.45, 2.75) is 38.6 Å². The highest BCUT2D eigenvalue weighted by Gasteiger charge is 2.24. The van der Waals surface area contributed by atoms with Gasteiger partial charge in [-0.25, -0.2) is 0 Å². The zero-order valence-electron chi connectivity index (χ0n) is 11.6. The van der Waals surface area contributed by atoms with Crippen molar-refractivity contribution in [1.82, 2.24) is 21.1 Å². The Morgan fingerprint density at radius 2 is 1.79 bits per heavy atom. The van der Waals surface area contributed by atoms with E-state index in [0.717, 1.165) is 38.4 Å².